The van der Waals surface area contributed by atoms with E-state index in [9.17, 15) is 19.8 Å². The number of aliphatic hydroxyl groups excluding tert-OH is 1. The van der Waals surface area contributed by atoms with Crippen molar-refractivity contribution in [2.24, 2.45) is 0 Å². The van der Waals surface area contributed by atoms with Gasteiger partial charge in [0.25, 0.3) is 0 Å². The number of carbonyl (C=O) groups is 2. The number of rotatable bonds is 11. The van der Waals surface area contributed by atoms with Crippen molar-refractivity contribution in [2.45, 2.75) is 55.8 Å². The van der Waals surface area contributed by atoms with Crippen molar-refractivity contribution < 1.29 is 29.3 Å². The van der Waals surface area contributed by atoms with Crippen LogP contribution in [0, 0.1) is 0 Å². The summed E-state index contributed by atoms with van der Waals surface area (Å²) in [7, 11) is 0. The van der Waals surface area contributed by atoms with Gasteiger partial charge in [-0.15, -0.1) is 11.8 Å². The zero-order valence-corrected chi connectivity index (χ0v) is 25.2. The lowest BCUT2D eigenvalue weighted by Crippen LogP contribution is -2.43. The number of ketones is 1. The number of aliphatic hydroxyl groups is 1. The normalized spacial score (nSPS) is 18.7. The third-order valence-electron chi connectivity index (χ3n) is 7.38. The quantitative estimate of drug-likeness (QED) is 0.142. The number of amides is 2. The summed E-state index contributed by atoms with van der Waals surface area (Å²) in [4.78, 5) is 26.2. The summed E-state index contributed by atoms with van der Waals surface area (Å²) in [6.07, 6.45) is -0.0544. The highest BCUT2D eigenvalue weighted by molar-refractivity contribution is 7.99. The standard InChI is InChI=1S/C35H36N2O6S/c1-23(39)32(18-24-6-3-2-4-7-24)37-35(41)36-28-9-5-8-27(19-28)34-42-30(22-44-31-16-14-29(40)15-17-31)20-33(43-34)26-12-10-25(21-38)11-13-26/h2-17,19,30,32-34,38,40H,18,20-22H2,1H3,(H2,36,37,41)/t30-,32+,33+,34?/m0/s1. The molecule has 0 radical (unpaired) electrons. The van der Waals surface area contributed by atoms with Crippen LogP contribution in [0.1, 0.15) is 48.0 Å². The topological polar surface area (TPSA) is 117 Å². The molecule has 8 nitrogen and oxygen atoms in total. The SMILES string of the molecule is CC(=O)[C@@H](Cc1ccccc1)NC(=O)Nc1cccc(C2O[C@H](CSc3ccc(O)cc3)C[C@H](c3ccc(CO)cc3)O2)c1. The van der Waals surface area contributed by atoms with Gasteiger partial charge in [-0.25, -0.2) is 4.79 Å². The molecule has 4 aromatic carbocycles. The van der Waals surface area contributed by atoms with E-state index in [0.717, 1.165) is 27.1 Å². The molecule has 1 fully saturated rings. The molecule has 228 valence electrons. The smallest absolute Gasteiger partial charge is 0.319 e. The van der Waals surface area contributed by atoms with E-state index in [2.05, 4.69) is 10.6 Å². The van der Waals surface area contributed by atoms with Crippen molar-refractivity contribution in [3.05, 3.63) is 125 Å². The highest BCUT2D eigenvalue weighted by atomic mass is 32.2. The number of hydrogen-bond donors (Lipinski definition) is 4. The van der Waals surface area contributed by atoms with E-state index in [0.29, 0.717) is 24.3 Å². The molecule has 0 bridgehead atoms. The number of nitrogens with one attached hydrogen (secondary N) is 2. The molecule has 1 unspecified atom stereocenters. The van der Waals surface area contributed by atoms with Gasteiger partial charge in [-0.3, -0.25) is 4.79 Å². The fourth-order valence-electron chi connectivity index (χ4n) is 4.99. The Labute approximate surface area is 261 Å². The molecule has 1 aliphatic heterocycles. The maximum absolute atomic E-state index is 12.9. The Morgan fingerprint density at radius 2 is 1.64 bits per heavy atom. The van der Waals surface area contributed by atoms with Crippen LogP contribution in [-0.4, -0.2) is 39.9 Å². The molecule has 2 amide bonds. The molecule has 4 aromatic rings. The van der Waals surface area contributed by atoms with E-state index in [-0.39, 0.29) is 30.3 Å². The van der Waals surface area contributed by atoms with Crippen LogP contribution in [0.5, 0.6) is 5.75 Å². The molecular weight excluding hydrogens is 576 g/mol. The van der Waals surface area contributed by atoms with Crippen molar-refractivity contribution in [1.29, 1.82) is 0 Å². The molecule has 1 aliphatic rings. The van der Waals surface area contributed by atoms with Gasteiger partial charge < -0.3 is 30.3 Å². The van der Waals surface area contributed by atoms with E-state index in [4.69, 9.17) is 9.47 Å². The first-order valence-corrected chi connectivity index (χ1v) is 15.5. The molecule has 5 rings (SSSR count). The number of thioether (sulfide) groups is 1. The van der Waals surface area contributed by atoms with Crippen molar-refractivity contribution in [3.63, 3.8) is 0 Å². The van der Waals surface area contributed by atoms with Crippen LogP contribution in [0.3, 0.4) is 0 Å². The van der Waals surface area contributed by atoms with Crippen LogP contribution < -0.4 is 10.6 Å². The van der Waals surface area contributed by atoms with Gasteiger partial charge in [0.2, 0.25) is 0 Å². The first-order valence-electron chi connectivity index (χ1n) is 14.5. The van der Waals surface area contributed by atoms with Gasteiger partial charge in [-0.1, -0.05) is 66.7 Å². The number of urea groups is 1. The van der Waals surface area contributed by atoms with Gasteiger partial charge in [0.1, 0.15) is 5.75 Å². The molecule has 1 heterocycles. The Hall–Kier alpha value is -4.15. The number of aromatic hydroxyl groups is 1. The Morgan fingerprint density at radius 1 is 0.886 bits per heavy atom. The van der Waals surface area contributed by atoms with Gasteiger partial charge in [0, 0.05) is 28.3 Å². The number of phenolic OH excluding ortho intramolecular Hbond substituents is 1. The van der Waals surface area contributed by atoms with Gasteiger partial charge in [-0.2, -0.15) is 0 Å². The third kappa shape index (κ3) is 8.70. The summed E-state index contributed by atoms with van der Waals surface area (Å²) in [6.45, 7) is 1.44. The average molecular weight is 613 g/mol. The molecule has 0 aliphatic carbocycles. The molecular formula is C35H36N2O6S. The maximum Gasteiger partial charge on any atom is 0.319 e. The molecule has 4 atom stereocenters. The summed E-state index contributed by atoms with van der Waals surface area (Å²) >= 11 is 1.64. The van der Waals surface area contributed by atoms with Crippen LogP contribution in [0.4, 0.5) is 10.5 Å². The Balaban J connectivity index is 1.29. The molecule has 0 spiro atoms. The second kappa shape index (κ2) is 15.0. The zero-order chi connectivity index (χ0) is 30.9. The molecule has 4 N–H and O–H groups in total. The van der Waals surface area contributed by atoms with E-state index in [1.54, 1.807) is 30.0 Å². The molecule has 44 heavy (non-hydrogen) atoms. The van der Waals surface area contributed by atoms with Gasteiger partial charge >= 0.3 is 6.03 Å². The van der Waals surface area contributed by atoms with Crippen LogP contribution in [-0.2, 0) is 27.3 Å². The monoisotopic (exact) mass is 612 g/mol. The molecule has 9 heteroatoms. The number of Topliss-reactive ketones (excluding diaryl/α,β-unsaturated/α-hetero) is 1. The second-order valence-corrected chi connectivity index (χ2v) is 11.8. The fourth-order valence-corrected chi connectivity index (χ4v) is 5.91. The highest BCUT2D eigenvalue weighted by Gasteiger charge is 2.32. The zero-order valence-electron chi connectivity index (χ0n) is 24.4. The largest absolute Gasteiger partial charge is 0.508 e. The van der Waals surface area contributed by atoms with Gasteiger partial charge in [0.05, 0.1) is 24.9 Å². The Morgan fingerprint density at radius 3 is 2.34 bits per heavy atom. The fraction of sp³-hybridized carbons (Fsp3) is 0.257. The minimum atomic E-state index is -0.690. The van der Waals surface area contributed by atoms with E-state index in [1.165, 1.54) is 6.92 Å². The predicted octanol–water partition coefficient (Wildman–Crippen LogP) is 6.54. The van der Waals surface area contributed by atoms with Crippen LogP contribution in [0.15, 0.2) is 108 Å². The molecule has 0 aromatic heterocycles. The van der Waals surface area contributed by atoms with Gasteiger partial charge in [0.15, 0.2) is 12.1 Å². The Kier molecular flexibility index (Phi) is 10.7. The Bertz CT molecular complexity index is 1530. The summed E-state index contributed by atoms with van der Waals surface area (Å²) < 4.78 is 12.9. The minimum Gasteiger partial charge on any atom is -0.508 e. The van der Waals surface area contributed by atoms with E-state index >= 15 is 0 Å². The predicted molar refractivity (Wildman–Crippen MR) is 170 cm³/mol. The third-order valence-corrected chi connectivity index (χ3v) is 8.53. The number of hydrogen-bond acceptors (Lipinski definition) is 7. The van der Waals surface area contributed by atoms with Crippen molar-refractivity contribution in [1.82, 2.24) is 5.32 Å². The van der Waals surface area contributed by atoms with E-state index in [1.807, 2.05) is 84.9 Å². The van der Waals surface area contributed by atoms with Crippen molar-refractivity contribution in [2.75, 3.05) is 11.1 Å². The molecule has 0 saturated carbocycles. The number of anilines is 1. The average Bonchev–Trinajstić information content (AvgIpc) is 3.04. The number of carbonyl (C=O) groups excluding carboxylic acids is 2. The lowest BCUT2D eigenvalue weighted by molar-refractivity contribution is -0.245. The van der Waals surface area contributed by atoms with E-state index < -0.39 is 18.4 Å². The van der Waals surface area contributed by atoms with Crippen LogP contribution in [0.25, 0.3) is 0 Å². The summed E-state index contributed by atoms with van der Waals surface area (Å²) in [5.41, 5.74) is 4.05. The summed E-state index contributed by atoms with van der Waals surface area (Å²) in [5, 5.41) is 24.7. The lowest BCUT2D eigenvalue weighted by atomic mass is 10.0. The summed E-state index contributed by atoms with van der Waals surface area (Å²) in [5.74, 6) is 0.763. The number of benzene rings is 4. The molecule has 1 saturated heterocycles. The number of phenols is 1. The lowest BCUT2D eigenvalue weighted by Gasteiger charge is -2.36. The second-order valence-electron chi connectivity index (χ2n) is 10.7. The van der Waals surface area contributed by atoms with Crippen molar-refractivity contribution >= 4 is 29.3 Å². The first kappa shape index (κ1) is 31.3. The highest BCUT2D eigenvalue weighted by Crippen LogP contribution is 2.40. The first-order chi connectivity index (χ1) is 21.4. The summed E-state index contributed by atoms with van der Waals surface area (Å²) in [6, 6.07) is 30.5. The van der Waals surface area contributed by atoms with Gasteiger partial charge in [-0.05, 0) is 66.4 Å². The minimum absolute atomic E-state index is 0.0315. The number of ether oxygens (including phenoxy) is 2. The maximum atomic E-state index is 12.9. The van der Waals surface area contributed by atoms with Crippen LogP contribution in [0.2, 0.25) is 0 Å². The van der Waals surface area contributed by atoms with Crippen molar-refractivity contribution in [3.8, 4) is 5.75 Å². The van der Waals surface area contributed by atoms with Crippen LogP contribution >= 0.6 is 11.8 Å².